The highest BCUT2D eigenvalue weighted by molar-refractivity contribution is 7.92. The van der Waals surface area contributed by atoms with Crippen LogP contribution >= 0.6 is 0 Å². The molecule has 0 aliphatic heterocycles. The summed E-state index contributed by atoms with van der Waals surface area (Å²) < 4.78 is 90.5. The molecule has 0 aromatic heterocycles. The van der Waals surface area contributed by atoms with Crippen LogP contribution in [0.3, 0.4) is 0 Å². The number of benzene rings is 2. The van der Waals surface area contributed by atoms with E-state index in [-0.39, 0.29) is 0 Å². The van der Waals surface area contributed by atoms with Gasteiger partial charge in [-0.2, -0.15) is 0 Å². The summed E-state index contributed by atoms with van der Waals surface area (Å²) in [5.41, 5.74) is -0.666. The quantitative estimate of drug-likeness (QED) is 0.696. The van der Waals surface area contributed by atoms with E-state index in [1.807, 2.05) is 0 Å². The fraction of sp³-hybridized carbons (Fsp3) is 0. The second kappa shape index (κ2) is 5.32. The summed E-state index contributed by atoms with van der Waals surface area (Å²) in [4.78, 5) is -1.20. The molecule has 0 heterocycles. The minimum Gasteiger partial charge on any atom is -0.277 e. The summed E-state index contributed by atoms with van der Waals surface area (Å²) in [6, 6.07) is 2.83. The van der Waals surface area contributed by atoms with Crippen molar-refractivity contribution in [2.24, 2.45) is 0 Å². The van der Waals surface area contributed by atoms with Gasteiger partial charge in [-0.15, -0.1) is 0 Å². The lowest BCUT2D eigenvalue weighted by atomic mass is 10.3. The third-order valence-corrected chi connectivity index (χ3v) is 3.85. The first-order valence-electron chi connectivity index (χ1n) is 5.34. The molecule has 0 saturated heterocycles. The number of hydrogen-bond acceptors (Lipinski definition) is 2. The van der Waals surface area contributed by atoms with Gasteiger partial charge in [0.05, 0.1) is 5.69 Å². The number of hydrogen-bond donors (Lipinski definition) is 1. The fourth-order valence-electron chi connectivity index (χ4n) is 1.49. The van der Waals surface area contributed by atoms with Crippen molar-refractivity contribution >= 4 is 15.7 Å². The van der Waals surface area contributed by atoms with Crippen molar-refractivity contribution < 1.29 is 30.4 Å². The van der Waals surface area contributed by atoms with E-state index in [1.54, 1.807) is 4.72 Å². The Morgan fingerprint density at radius 3 is 2.10 bits per heavy atom. The Morgan fingerprint density at radius 1 is 0.810 bits per heavy atom. The third kappa shape index (κ3) is 2.97. The Morgan fingerprint density at radius 2 is 1.48 bits per heavy atom. The standard InChI is InChI=1S/C12H6F5NO2S/c13-6-1-3-9(8(15)5-6)18-21(19,20)10-4-2-7(14)11(16)12(10)17/h1-5,18H. The molecule has 0 radical (unpaired) electrons. The molecule has 2 aromatic rings. The largest absolute Gasteiger partial charge is 0.277 e. The van der Waals surface area contributed by atoms with E-state index in [1.165, 1.54) is 0 Å². The summed E-state index contributed by atoms with van der Waals surface area (Å²) in [5, 5.41) is 0. The van der Waals surface area contributed by atoms with Crippen molar-refractivity contribution in [1.82, 2.24) is 0 Å². The first-order chi connectivity index (χ1) is 9.72. The number of halogens is 5. The lowest BCUT2D eigenvalue weighted by molar-refractivity contribution is 0.432. The predicted octanol–water partition coefficient (Wildman–Crippen LogP) is 3.18. The van der Waals surface area contributed by atoms with E-state index in [0.29, 0.717) is 18.2 Å². The molecule has 3 nitrogen and oxygen atoms in total. The van der Waals surface area contributed by atoms with Crippen molar-refractivity contribution in [3.05, 3.63) is 59.4 Å². The lowest BCUT2D eigenvalue weighted by Gasteiger charge is -2.10. The molecule has 1 N–H and O–H groups in total. The topological polar surface area (TPSA) is 46.2 Å². The van der Waals surface area contributed by atoms with Gasteiger partial charge in [0, 0.05) is 6.07 Å². The van der Waals surface area contributed by atoms with Crippen molar-refractivity contribution in [2.75, 3.05) is 4.72 Å². The molecule has 0 atom stereocenters. The summed E-state index contributed by atoms with van der Waals surface area (Å²) in [7, 11) is -4.71. The summed E-state index contributed by atoms with van der Waals surface area (Å²) in [6.07, 6.45) is 0. The van der Waals surface area contributed by atoms with Crippen molar-refractivity contribution in [3.8, 4) is 0 Å². The Bertz CT molecular complexity index is 808. The number of sulfonamides is 1. The number of anilines is 1. The number of nitrogens with one attached hydrogen (secondary N) is 1. The zero-order valence-electron chi connectivity index (χ0n) is 10.0. The van der Waals surface area contributed by atoms with Gasteiger partial charge in [-0.1, -0.05) is 0 Å². The van der Waals surface area contributed by atoms with E-state index >= 15 is 0 Å². The maximum Gasteiger partial charge on any atom is 0.265 e. The van der Waals surface area contributed by atoms with Gasteiger partial charge in [0.25, 0.3) is 10.0 Å². The fourth-order valence-corrected chi connectivity index (χ4v) is 2.63. The molecule has 0 unspecified atom stereocenters. The van der Waals surface area contributed by atoms with Crippen LogP contribution in [0.2, 0.25) is 0 Å². The molecule has 2 rings (SSSR count). The predicted molar refractivity (Wildman–Crippen MR) is 63.5 cm³/mol. The Labute approximate surface area is 116 Å². The molecule has 0 amide bonds. The summed E-state index contributed by atoms with van der Waals surface area (Å²) in [5.74, 6) is -7.68. The van der Waals surface area contributed by atoms with Crippen molar-refractivity contribution in [3.63, 3.8) is 0 Å². The van der Waals surface area contributed by atoms with Gasteiger partial charge in [-0.25, -0.2) is 30.4 Å². The molecule has 0 aliphatic carbocycles. The van der Waals surface area contributed by atoms with Gasteiger partial charge in [0.15, 0.2) is 17.5 Å². The normalized spacial score (nSPS) is 11.5. The van der Waals surface area contributed by atoms with Crippen molar-refractivity contribution in [1.29, 1.82) is 0 Å². The van der Waals surface area contributed by atoms with Gasteiger partial charge in [-0.3, -0.25) is 4.72 Å². The van der Waals surface area contributed by atoms with Crippen LogP contribution < -0.4 is 4.72 Å². The Hall–Kier alpha value is -2.16. The minimum atomic E-state index is -4.71. The van der Waals surface area contributed by atoms with Gasteiger partial charge in [0.1, 0.15) is 16.5 Å². The highest BCUT2D eigenvalue weighted by atomic mass is 32.2. The van der Waals surface area contributed by atoms with E-state index in [0.717, 1.165) is 12.1 Å². The highest BCUT2D eigenvalue weighted by Gasteiger charge is 2.25. The van der Waals surface area contributed by atoms with Crippen molar-refractivity contribution in [2.45, 2.75) is 4.90 Å². The minimum absolute atomic E-state index is 0.402. The van der Waals surface area contributed by atoms with Crippen LogP contribution in [0.4, 0.5) is 27.6 Å². The summed E-state index contributed by atoms with van der Waals surface area (Å²) >= 11 is 0. The molecule has 9 heteroatoms. The van der Waals surface area contributed by atoms with Crippen LogP contribution in [0.15, 0.2) is 35.2 Å². The van der Waals surface area contributed by atoms with Gasteiger partial charge in [-0.05, 0) is 24.3 Å². The van der Waals surface area contributed by atoms with Crippen LogP contribution in [-0.2, 0) is 10.0 Å². The maximum absolute atomic E-state index is 13.4. The van der Waals surface area contributed by atoms with Crippen LogP contribution in [0.25, 0.3) is 0 Å². The SMILES string of the molecule is O=S(=O)(Nc1ccc(F)cc1F)c1ccc(F)c(F)c1F. The smallest absolute Gasteiger partial charge is 0.265 e. The molecule has 0 fully saturated rings. The zero-order valence-corrected chi connectivity index (χ0v) is 10.8. The Kier molecular flexibility index (Phi) is 3.86. The molecular weight excluding hydrogens is 317 g/mol. The molecule has 2 aromatic carbocycles. The van der Waals surface area contributed by atoms with E-state index in [9.17, 15) is 30.4 Å². The van der Waals surface area contributed by atoms with Gasteiger partial charge in [0.2, 0.25) is 0 Å². The second-order valence-electron chi connectivity index (χ2n) is 3.90. The van der Waals surface area contributed by atoms with E-state index in [2.05, 4.69) is 0 Å². The molecule has 0 bridgehead atoms. The maximum atomic E-state index is 13.4. The number of rotatable bonds is 3. The molecule has 0 spiro atoms. The van der Waals surface area contributed by atoms with Crippen LogP contribution in [0, 0.1) is 29.1 Å². The first kappa shape index (κ1) is 15.2. The van der Waals surface area contributed by atoms with E-state index < -0.39 is 49.7 Å². The molecule has 112 valence electrons. The molecule has 0 saturated carbocycles. The van der Waals surface area contributed by atoms with Gasteiger partial charge >= 0.3 is 0 Å². The first-order valence-corrected chi connectivity index (χ1v) is 6.82. The molecule has 21 heavy (non-hydrogen) atoms. The van der Waals surface area contributed by atoms with Crippen LogP contribution in [0.1, 0.15) is 0 Å². The Balaban J connectivity index is 2.46. The lowest BCUT2D eigenvalue weighted by Crippen LogP contribution is -2.16. The average molecular weight is 323 g/mol. The zero-order chi connectivity index (χ0) is 15.8. The average Bonchev–Trinajstić information content (AvgIpc) is 2.39. The van der Waals surface area contributed by atoms with Crippen LogP contribution in [0.5, 0.6) is 0 Å². The second-order valence-corrected chi connectivity index (χ2v) is 5.55. The molecular formula is C12H6F5NO2S. The van der Waals surface area contributed by atoms with Gasteiger partial charge < -0.3 is 0 Å². The van der Waals surface area contributed by atoms with Crippen LogP contribution in [-0.4, -0.2) is 8.42 Å². The third-order valence-electron chi connectivity index (χ3n) is 2.46. The summed E-state index contributed by atoms with van der Waals surface area (Å²) in [6.45, 7) is 0. The molecule has 0 aliphatic rings. The van der Waals surface area contributed by atoms with E-state index in [4.69, 9.17) is 0 Å². The highest BCUT2D eigenvalue weighted by Crippen LogP contribution is 2.24. The monoisotopic (exact) mass is 323 g/mol.